The van der Waals surface area contributed by atoms with Crippen LogP contribution in [-0.4, -0.2) is 23.8 Å². The molecule has 5 nitrogen and oxygen atoms in total. The fourth-order valence-electron chi connectivity index (χ4n) is 0.690. The van der Waals surface area contributed by atoms with Crippen molar-refractivity contribution < 1.29 is 27.8 Å². The summed E-state index contributed by atoms with van der Waals surface area (Å²) in [6, 6.07) is 0. The zero-order valence-electron chi connectivity index (χ0n) is 8.34. The first kappa shape index (κ1) is 14.1. The van der Waals surface area contributed by atoms with E-state index in [9.17, 15) is 18.0 Å². The van der Waals surface area contributed by atoms with Crippen LogP contribution in [0.25, 0.3) is 0 Å². The Hall–Kier alpha value is -1.86. The van der Waals surface area contributed by atoms with Gasteiger partial charge in [-0.1, -0.05) is 0 Å². The number of carbonyl (C=O) groups excluding carboxylic acids is 1. The molecular formula is C8H11F3N2O3. The Bertz CT molecular complexity index is 334. The Morgan fingerprint density at radius 1 is 1.44 bits per heavy atom. The topological polar surface area (TPSA) is 98.6 Å². The summed E-state index contributed by atoms with van der Waals surface area (Å²) in [4.78, 5) is 10.7. The number of nitrogens with two attached hydrogens (primary N) is 2. The summed E-state index contributed by atoms with van der Waals surface area (Å²) >= 11 is 0. The summed E-state index contributed by atoms with van der Waals surface area (Å²) in [5, 5.41) is 9.08. The predicted molar refractivity (Wildman–Crippen MR) is 48.8 cm³/mol. The van der Waals surface area contributed by atoms with Crippen molar-refractivity contribution in [1.82, 2.24) is 0 Å². The fourth-order valence-corrected chi connectivity index (χ4v) is 0.690. The number of aliphatic hydroxyl groups is 1. The SMILES string of the molecule is CCO/C(O)=C(/C=C(\N)C(F)(F)F)C(N)=O. The zero-order chi connectivity index (χ0) is 12.9. The first-order valence-corrected chi connectivity index (χ1v) is 4.10. The van der Waals surface area contributed by atoms with Crippen molar-refractivity contribution >= 4 is 5.91 Å². The van der Waals surface area contributed by atoms with Gasteiger partial charge in [0, 0.05) is 0 Å². The van der Waals surface area contributed by atoms with Crippen LogP contribution in [0.4, 0.5) is 13.2 Å². The Balaban J connectivity index is 5.27. The quantitative estimate of drug-likeness (QED) is 0.382. The third-order valence-electron chi connectivity index (χ3n) is 1.40. The molecular weight excluding hydrogens is 229 g/mol. The second-order valence-corrected chi connectivity index (χ2v) is 2.61. The van der Waals surface area contributed by atoms with E-state index in [0.717, 1.165) is 0 Å². The molecule has 0 aromatic heterocycles. The van der Waals surface area contributed by atoms with Gasteiger partial charge in [0.25, 0.3) is 11.9 Å². The van der Waals surface area contributed by atoms with Crippen molar-refractivity contribution in [2.45, 2.75) is 13.1 Å². The van der Waals surface area contributed by atoms with Crippen molar-refractivity contribution in [2.24, 2.45) is 11.5 Å². The van der Waals surface area contributed by atoms with Gasteiger partial charge in [0.05, 0.1) is 6.61 Å². The van der Waals surface area contributed by atoms with Crippen molar-refractivity contribution in [3.8, 4) is 0 Å². The number of aliphatic hydroxyl groups excluding tert-OH is 1. The molecule has 0 radical (unpaired) electrons. The molecule has 16 heavy (non-hydrogen) atoms. The van der Waals surface area contributed by atoms with Crippen LogP contribution in [0.2, 0.25) is 0 Å². The van der Waals surface area contributed by atoms with Crippen LogP contribution in [0.3, 0.4) is 0 Å². The van der Waals surface area contributed by atoms with Crippen LogP contribution in [-0.2, 0) is 9.53 Å². The summed E-state index contributed by atoms with van der Waals surface area (Å²) in [6.45, 7) is 1.42. The van der Waals surface area contributed by atoms with Crippen LogP contribution in [0.5, 0.6) is 0 Å². The van der Waals surface area contributed by atoms with Crippen molar-refractivity contribution in [2.75, 3.05) is 6.61 Å². The van der Waals surface area contributed by atoms with Gasteiger partial charge in [-0.05, 0) is 13.0 Å². The zero-order valence-corrected chi connectivity index (χ0v) is 8.34. The molecule has 0 rings (SSSR count). The molecule has 0 aromatic carbocycles. The maximum atomic E-state index is 12.0. The lowest BCUT2D eigenvalue weighted by Gasteiger charge is -2.08. The number of rotatable bonds is 4. The van der Waals surface area contributed by atoms with Gasteiger partial charge in [-0.3, -0.25) is 4.79 Å². The van der Waals surface area contributed by atoms with Gasteiger partial charge in [0.1, 0.15) is 11.3 Å². The molecule has 0 aliphatic heterocycles. The largest absolute Gasteiger partial charge is 0.480 e. The highest BCUT2D eigenvalue weighted by Gasteiger charge is 2.32. The van der Waals surface area contributed by atoms with E-state index in [1.54, 1.807) is 0 Å². The van der Waals surface area contributed by atoms with Crippen molar-refractivity contribution in [3.63, 3.8) is 0 Å². The van der Waals surface area contributed by atoms with Gasteiger partial charge in [-0.15, -0.1) is 0 Å². The summed E-state index contributed by atoms with van der Waals surface area (Å²) in [5.41, 5.74) is 7.01. The van der Waals surface area contributed by atoms with E-state index in [1.165, 1.54) is 6.92 Å². The van der Waals surface area contributed by atoms with Crippen molar-refractivity contribution in [1.29, 1.82) is 0 Å². The lowest BCUT2D eigenvalue weighted by molar-refractivity contribution is -0.114. The number of hydrogen-bond donors (Lipinski definition) is 3. The summed E-state index contributed by atoms with van der Waals surface area (Å²) < 4.78 is 40.5. The molecule has 0 bridgehead atoms. The molecule has 0 aliphatic rings. The highest BCUT2D eigenvalue weighted by molar-refractivity contribution is 5.95. The number of alkyl halides is 3. The number of allylic oxidation sites excluding steroid dienone is 1. The fraction of sp³-hybridized carbons (Fsp3) is 0.375. The van der Waals surface area contributed by atoms with E-state index in [0.29, 0.717) is 0 Å². The number of halogens is 3. The van der Waals surface area contributed by atoms with E-state index in [2.05, 4.69) is 10.5 Å². The second-order valence-electron chi connectivity index (χ2n) is 2.61. The average molecular weight is 240 g/mol. The third kappa shape index (κ3) is 4.11. The Kier molecular flexibility index (Phi) is 4.67. The molecule has 0 aromatic rings. The molecule has 0 saturated carbocycles. The minimum absolute atomic E-state index is 0.0393. The first-order chi connectivity index (χ1) is 7.20. The summed E-state index contributed by atoms with van der Waals surface area (Å²) in [7, 11) is 0. The average Bonchev–Trinajstić information content (AvgIpc) is 2.11. The number of hydrogen-bond acceptors (Lipinski definition) is 4. The summed E-state index contributed by atoms with van der Waals surface area (Å²) in [6.07, 6.45) is -4.60. The van der Waals surface area contributed by atoms with Crippen LogP contribution < -0.4 is 11.5 Å². The minimum atomic E-state index is -4.81. The number of ether oxygens (including phenoxy) is 1. The molecule has 0 atom stereocenters. The standard InChI is InChI=1S/C8H11F3N2O3/c1-2-16-7(15)4(6(13)14)3-5(12)8(9,10)11/h3,15H,2,12H2,1H3,(H2,13,14)/b5-3-,7-4-. The van der Waals surface area contributed by atoms with Gasteiger partial charge < -0.3 is 21.3 Å². The van der Waals surface area contributed by atoms with Gasteiger partial charge in [0.15, 0.2) is 0 Å². The maximum absolute atomic E-state index is 12.0. The Morgan fingerprint density at radius 3 is 2.25 bits per heavy atom. The Morgan fingerprint density at radius 2 is 1.94 bits per heavy atom. The molecule has 1 amide bonds. The summed E-state index contributed by atoms with van der Waals surface area (Å²) in [5.74, 6) is -2.28. The monoisotopic (exact) mass is 240 g/mol. The predicted octanol–water partition coefficient (Wildman–Crippen LogP) is 0.683. The Labute approximate surface area is 89.2 Å². The molecule has 0 fully saturated rings. The molecule has 0 saturated heterocycles. The molecule has 8 heteroatoms. The van der Waals surface area contributed by atoms with Crippen LogP contribution in [0.1, 0.15) is 6.92 Å². The molecule has 0 heterocycles. The number of amides is 1. The molecule has 5 N–H and O–H groups in total. The smallest absolute Gasteiger partial charge is 0.430 e. The number of primary amides is 1. The lowest BCUT2D eigenvalue weighted by Crippen LogP contribution is -2.22. The van der Waals surface area contributed by atoms with Gasteiger partial charge in [0.2, 0.25) is 0 Å². The normalized spacial score (nSPS) is 14.4. The van der Waals surface area contributed by atoms with Crippen LogP contribution >= 0.6 is 0 Å². The van der Waals surface area contributed by atoms with E-state index in [1.807, 2.05) is 0 Å². The maximum Gasteiger partial charge on any atom is 0.430 e. The highest BCUT2D eigenvalue weighted by Crippen LogP contribution is 2.23. The second kappa shape index (κ2) is 5.29. The first-order valence-electron chi connectivity index (χ1n) is 4.10. The lowest BCUT2D eigenvalue weighted by atomic mass is 10.2. The third-order valence-corrected chi connectivity index (χ3v) is 1.40. The van der Waals surface area contributed by atoms with Gasteiger partial charge in [-0.2, -0.15) is 13.2 Å². The molecule has 0 unspecified atom stereocenters. The van der Waals surface area contributed by atoms with Gasteiger partial charge >= 0.3 is 6.18 Å². The van der Waals surface area contributed by atoms with E-state index < -0.39 is 29.3 Å². The van der Waals surface area contributed by atoms with E-state index >= 15 is 0 Å². The highest BCUT2D eigenvalue weighted by atomic mass is 19.4. The molecule has 0 aliphatic carbocycles. The minimum Gasteiger partial charge on any atom is -0.480 e. The van der Waals surface area contributed by atoms with Gasteiger partial charge in [-0.25, -0.2) is 0 Å². The van der Waals surface area contributed by atoms with Crippen LogP contribution in [0, 0.1) is 0 Å². The van der Waals surface area contributed by atoms with Crippen LogP contribution in [0.15, 0.2) is 23.3 Å². The van der Waals surface area contributed by atoms with E-state index in [4.69, 9.17) is 10.8 Å². The van der Waals surface area contributed by atoms with Crippen molar-refractivity contribution in [3.05, 3.63) is 23.3 Å². The molecule has 0 spiro atoms. The number of carbonyl (C=O) groups is 1. The van der Waals surface area contributed by atoms with E-state index in [-0.39, 0.29) is 12.7 Å². The molecule has 92 valence electrons.